The summed E-state index contributed by atoms with van der Waals surface area (Å²) >= 11 is 3.43. The van der Waals surface area contributed by atoms with Crippen molar-refractivity contribution >= 4 is 28.0 Å². The van der Waals surface area contributed by atoms with Gasteiger partial charge in [-0.1, -0.05) is 28.1 Å². The summed E-state index contributed by atoms with van der Waals surface area (Å²) in [6.07, 6.45) is 0.158. The number of hydrogen-bond acceptors (Lipinski definition) is 5. The van der Waals surface area contributed by atoms with Crippen LogP contribution < -0.4 is 0 Å². The minimum Gasteiger partial charge on any atom is -0.458 e. The molecule has 2 rings (SSSR count). The number of esters is 1. The number of aliphatic hydroxyl groups is 1. The molecular weight excluding hydrogens is 438 g/mol. The number of likely N-dealkylation sites (tertiary alicyclic amines) is 1. The van der Waals surface area contributed by atoms with Crippen LogP contribution in [-0.2, 0) is 20.7 Å². The van der Waals surface area contributed by atoms with Gasteiger partial charge in [-0.05, 0) is 65.7 Å². The summed E-state index contributed by atoms with van der Waals surface area (Å²) in [5, 5.41) is 11.6. The molecule has 0 bridgehead atoms. The van der Waals surface area contributed by atoms with Gasteiger partial charge in [-0.2, -0.15) is 0 Å². The zero-order valence-electron chi connectivity index (χ0n) is 18.1. The Hall–Kier alpha value is -1.60. The summed E-state index contributed by atoms with van der Waals surface area (Å²) in [7, 11) is 0. The van der Waals surface area contributed by atoms with Gasteiger partial charge in [0.2, 0.25) is 0 Å². The second-order valence-corrected chi connectivity index (χ2v) is 10.6. The Balaban J connectivity index is 2.25. The molecule has 0 aromatic heterocycles. The second kappa shape index (κ2) is 8.64. The first-order valence-corrected chi connectivity index (χ1v) is 10.7. The molecular formula is C22H32BrNO5. The Morgan fingerprint density at radius 1 is 1.14 bits per heavy atom. The van der Waals surface area contributed by atoms with Crippen LogP contribution in [0.5, 0.6) is 0 Å². The molecule has 162 valence electrons. The van der Waals surface area contributed by atoms with Crippen LogP contribution in [0.15, 0.2) is 28.7 Å². The zero-order chi connectivity index (χ0) is 22.0. The van der Waals surface area contributed by atoms with Crippen molar-refractivity contribution in [3.63, 3.8) is 0 Å². The van der Waals surface area contributed by atoms with E-state index in [1.807, 2.05) is 45.0 Å². The number of hydrogen-bond donors (Lipinski definition) is 1. The fraction of sp³-hybridized carbons (Fsp3) is 0.636. The molecule has 1 N–H and O–H groups in total. The Morgan fingerprint density at radius 2 is 1.76 bits per heavy atom. The van der Waals surface area contributed by atoms with E-state index in [2.05, 4.69) is 15.9 Å². The molecule has 2 atom stereocenters. The van der Waals surface area contributed by atoms with Crippen LogP contribution in [0.4, 0.5) is 4.79 Å². The number of benzene rings is 1. The van der Waals surface area contributed by atoms with Gasteiger partial charge in [0.15, 0.2) is 5.60 Å². The summed E-state index contributed by atoms with van der Waals surface area (Å²) in [6, 6.07) is 7.48. The Bertz CT molecular complexity index is 752. The summed E-state index contributed by atoms with van der Waals surface area (Å²) in [5.41, 5.74) is -2.27. The predicted molar refractivity (Wildman–Crippen MR) is 115 cm³/mol. The van der Waals surface area contributed by atoms with E-state index in [1.165, 1.54) is 0 Å². The number of amides is 1. The third-order valence-corrected chi connectivity index (χ3v) is 5.12. The topological polar surface area (TPSA) is 76.1 Å². The molecule has 1 heterocycles. The first-order chi connectivity index (χ1) is 13.2. The van der Waals surface area contributed by atoms with E-state index in [1.54, 1.807) is 25.7 Å². The molecule has 1 fully saturated rings. The molecule has 1 aromatic rings. The van der Waals surface area contributed by atoms with Crippen molar-refractivity contribution in [1.29, 1.82) is 0 Å². The minimum absolute atomic E-state index is 0.105. The van der Waals surface area contributed by atoms with E-state index in [4.69, 9.17) is 9.47 Å². The van der Waals surface area contributed by atoms with Crippen molar-refractivity contribution in [2.24, 2.45) is 5.92 Å². The molecule has 1 aliphatic rings. The van der Waals surface area contributed by atoms with Crippen LogP contribution in [0.2, 0.25) is 0 Å². The number of rotatable bonds is 4. The second-order valence-electron chi connectivity index (χ2n) is 9.64. The first kappa shape index (κ1) is 23.7. The maximum atomic E-state index is 13.0. The molecule has 1 amide bonds. The molecule has 0 aliphatic carbocycles. The quantitative estimate of drug-likeness (QED) is 0.664. The molecule has 0 radical (unpaired) electrons. The van der Waals surface area contributed by atoms with Crippen LogP contribution in [-0.4, -0.2) is 52.0 Å². The first-order valence-electron chi connectivity index (χ1n) is 9.88. The van der Waals surface area contributed by atoms with Crippen molar-refractivity contribution in [1.82, 2.24) is 4.90 Å². The number of ether oxygens (including phenoxy) is 2. The van der Waals surface area contributed by atoms with Crippen molar-refractivity contribution in [3.8, 4) is 0 Å². The van der Waals surface area contributed by atoms with Gasteiger partial charge in [-0.3, -0.25) is 0 Å². The van der Waals surface area contributed by atoms with E-state index in [0.717, 1.165) is 10.0 Å². The summed E-state index contributed by atoms with van der Waals surface area (Å²) in [5.74, 6) is -1.12. The van der Waals surface area contributed by atoms with E-state index in [0.29, 0.717) is 13.0 Å². The lowest BCUT2D eigenvalue weighted by Crippen LogP contribution is -2.52. The van der Waals surface area contributed by atoms with Gasteiger partial charge < -0.3 is 19.5 Å². The lowest BCUT2D eigenvalue weighted by Gasteiger charge is -2.35. The third kappa shape index (κ3) is 6.71. The highest BCUT2D eigenvalue weighted by atomic mass is 79.9. The fourth-order valence-electron chi connectivity index (χ4n) is 3.35. The molecule has 0 spiro atoms. The van der Waals surface area contributed by atoms with Gasteiger partial charge in [-0.25, -0.2) is 9.59 Å². The molecule has 7 heteroatoms. The number of carbonyl (C=O) groups is 2. The molecule has 0 saturated carbocycles. The van der Waals surface area contributed by atoms with Crippen molar-refractivity contribution in [2.75, 3.05) is 13.1 Å². The molecule has 29 heavy (non-hydrogen) atoms. The number of halogens is 1. The number of nitrogens with zero attached hydrogens (tertiary/aromatic N) is 1. The fourth-order valence-corrected chi connectivity index (χ4v) is 3.80. The van der Waals surface area contributed by atoms with E-state index >= 15 is 0 Å². The van der Waals surface area contributed by atoms with Crippen molar-refractivity contribution < 1.29 is 24.2 Å². The highest BCUT2D eigenvalue weighted by molar-refractivity contribution is 9.10. The molecule has 1 saturated heterocycles. The Morgan fingerprint density at radius 3 is 2.31 bits per heavy atom. The van der Waals surface area contributed by atoms with E-state index < -0.39 is 34.8 Å². The van der Waals surface area contributed by atoms with Crippen LogP contribution in [0.25, 0.3) is 0 Å². The van der Waals surface area contributed by atoms with Crippen LogP contribution in [0.1, 0.15) is 53.5 Å². The number of carbonyl (C=O) groups excluding carboxylic acids is 2. The highest BCUT2D eigenvalue weighted by Crippen LogP contribution is 2.34. The SMILES string of the molecule is CC(C)(C)OC(=O)N1CC[C@H](C(O)(Cc2cccc(Br)c2)C(=O)OC(C)(C)C)C1. The maximum Gasteiger partial charge on any atom is 0.410 e. The van der Waals surface area contributed by atoms with Crippen molar-refractivity contribution in [3.05, 3.63) is 34.3 Å². The Kier molecular flexibility index (Phi) is 7.05. The van der Waals surface area contributed by atoms with Gasteiger partial charge in [0.05, 0.1) is 0 Å². The standard InChI is InChI=1S/C22H32BrNO5/c1-20(2,3)28-18(25)22(27,13-15-8-7-9-17(23)12-15)16-10-11-24(14-16)19(26)29-21(4,5)6/h7-9,12,16,27H,10-11,13-14H2,1-6H3/t16-,22?/m0/s1. The van der Waals surface area contributed by atoms with Gasteiger partial charge in [0.1, 0.15) is 11.2 Å². The van der Waals surface area contributed by atoms with Gasteiger partial charge in [-0.15, -0.1) is 0 Å². The summed E-state index contributed by atoms with van der Waals surface area (Å²) in [6.45, 7) is 11.4. The van der Waals surface area contributed by atoms with Crippen LogP contribution >= 0.6 is 15.9 Å². The van der Waals surface area contributed by atoms with Gasteiger partial charge >= 0.3 is 12.1 Å². The lowest BCUT2D eigenvalue weighted by molar-refractivity contribution is -0.183. The normalized spacial score (nSPS) is 19.6. The summed E-state index contributed by atoms with van der Waals surface area (Å²) < 4.78 is 11.9. The molecule has 1 unspecified atom stereocenters. The largest absolute Gasteiger partial charge is 0.458 e. The predicted octanol–water partition coefficient (Wildman–Crippen LogP) is 4.32. The van der Waals surface area contributed by atoms with Crippen LogP contribution in [0, 0.1) is 5.92 Å². The van der Waals surface area contributed by atoms with Crippen molar-refractivity contribution in [2.45, 2.75) is 71.2 Å². The molecule has 6 nitrogen and oxygen atoms in total. The summed E-state index contributed by atoms with van der Waals surface area (Å²) in [4.78, 5) is 27.0. The Labute approximate surface area is 181 Å². The molecule has 1 aliphatic heterocycles. The zero-order valence-corrected chi connectivity index (χ0v) is 19.7. The monoisotopic (exact) mass is 469 g/mol. The van der Waals surface area contributed by atoms with Gasteiger partial charge in [0, 0.05) is 29.9 Å². The average Bonchev–Trinajstić information content (AvgIpc) is 3.02. The highest BCUT2D eigenvalue weighted by Gasteiger charge is 2.50. The third-order valence-electron chi connectivity index (χ3n) is 4.63. The van der Waals surface area contributed by atoms with Gasteiger partial charge in [0.25, 0.3) is 0 Å². The lowest BCUT2D eigenvalue weighted by atomic mass is 9.81. The maximum absolute atomic E-state index is 13.0. The average molecular weight is 470 g/mol. The molecule has 1 aromatic carbocycles. The van der Waals surface area contributed by atoms with E-state index in [-0.39, 0.29) is 13.0 Å². The minimum atomic E-state index is -1.75. The smallest absolute Gasteiger partial charge is 0.410 e. The van der Waals surface area contributed by atoms with Crippen LogP contribution in [0.3, 0.4) is 0 Å². The van der Waals surface area contributed by atoms with E-state index in [9.17, 15) is 14.7 Å².